The number of aromatic amines is 1. The van der Waals surface area contributed by atoms with E-state index in [4.69, 9.17) is 0 Å². The van der Waals surface area contributed by atoms with Gasteiger partial charge in [-0.1, -0.05) is 31.2 Å². The molecule has 0 aliphatic heterocycles. The molecule has 2 heterocycles. The number of amides is 1. The van der Waals surface area contributed by atoms with E-state index < -0.39 is 0 Å². The van der Waals surface area contributed by atoms with Crippen LogP contribution in [0.2, 0.25) is 0 Å². The van der Waals surface area contributed by atoms with Crippen LogP contribution in [0.15, 0.2) is 38.7 Å². The molecule has 0 atom stereocenters. The summed E-state index contributed by atoms with van der Waals surface area (Å²) in [4.78, 5) is 33.0. The number of nitrogens with zero attached hydrogens (tertiary/aromatic N) is 2. The molecule has 3 rings (SSSR count). The van der Waals surface area contributed by atoms with Gasteiger partial charge >= 0.3 is 0 Å². The lowest BCUT2D eigenvalue weighted by Gasteiger charge is -2.12. The Balaban J connectivity index is 1.80. The van der Waals surface area contributed by atoms with E-state index in [2.05, 4.69) is 38.1 Å². The summed E-state index contributed by atoms with van der Waals surface area (Å²) < 4.78 is 2.51. The third-order valence-electron chi connectivity index (χ3n) is 4.30. The van der Waals surface area contributed by atoms with Crippen molar-refractivity contribution in [2.75, 3.05) is 11.1 Å². The number of rotatable bonds is 7. The van der Waals surface area contributed by atoms with Crippen molar-refractivity contribution in [2.24, 2.45) is 0 Å². The minimum Gasteiger partial charge on any atom is -0.353 e. The molecule has 3 aromatic rings. The molecule has 2 aromatic heterocycles. The largest absolute Gasteiger partial charge is 0.353 e. The van der Waals surface area contributed by atoms with Crippen LogP contribution < -0.4 is 10.9 Å². The van der Waals surface area contributed by atoms with E-state index in [1.165, 1.54) is 11.8 Å². The molecule has 148 valence electrons. The Morgan fingerprint density at radius 2 is 2.11 bits per heavy atom. The molecule has 2 N–H and O–H groups in total. The Hall–Kier alpha value is -2.06. The molecule has 0 radical (unpaired) electrons. The zero-order chi connectivity index (χ0) is 20.3. The van der Waals surface area contributed by atoms with Crippen molar-refractivity contribution >= 4 is 50.3 Å². The smallest absolute Gasteiger partial charge is 0.278 e. The number of unbranched alkanes of at least 4 members (excludes halogenated alkanes) is 1. The lowest BCUT2D eigenvalue weighted by Crippen LogP contribution is -2.24. The number of halogens is 1. The van der Waals surface area contributed by atoms with Crippen LogP contribution in [0.3, 0.4) is 0 Å². The average Bonchev–Trinajstić information content (AvgIpc) is 3.02. The third kappa shape index (κ3) is 4.67. The Labute approximate surface area is 176 Å². The fourth-order valence-corrected chi connectivity index (χ4v) is 4.29. The number of carbonyl (C=O) groups excluding carboxylic acids is 1. The molecule has 0 unspecified atom stereocenters. The topological polar surface area (TPSA) is 79.8 Å². The predicted octanol–water partition coefficient (Wildman–Crippen LogP) is 4.63. The van der Waals surface area contributed by atoms with Gasteiger partial charge in [-0.2, -0.15) is 0 Å². The van der Waals surface area contributed by atoms with E-state index in [1.54, 1.807) is 4.57 Å². The standard InChI is InChI=1S/C20H23BrN4O2S/c1-4-5-8-25-19(27)18-16(10-13(3)22-18)24-20(25)28-11-17(26)23-15-7-6-12(2)9-14(15)21/h6-7,9-10,22H,4-5,8,11H2,1-3H3,(H,23,26). The zero-order valence-corrected chi connectivity index (χ0v) is 18.5. The SMILES string of the molecule is CCCCn1c(SCC(=O)Nc2ccc(C)cc2Br)nc2cc(C)[nH]c2c1=O. The van der Waals surface area contributed by atoms with E-state index in [0.29, 0.717) is 22.7 Å². The van der Waals surface area contributed by atoms with Gasteiger partial charge in [-0.25, -0.2) is 4.98 Å². The van der Waals surface area contributed by atoms with Crippen LogP contribution in [0.4, 0.5) is 5.69 Å². The second kappa shape index (κ2) is 8.96. The molecule has 6 nitrogen and oxygen atoms in total. The van der Waals surface area contributed by atoms with Crippen LogP contribution in [-0.2, 0) is 11.3 Å². The van der Waals surface area contributed by atoms with Gasteiger partial charge in [-0.05, 0) is 60.0 Å². The predicted molar refractivity (Wildman–Crippen MR) is 118 cm³/mol. The molecule has 0 bridgehead atoms. The van der Waals surface area contributed by atoms with E-state index in [9.17, 15) is 9.59 Å². The van der Waals surface area contributed by atoms with Crippen molar-refractivity contribution in [2.45, 2.75) is 45.3 Å². The number of H-pyrrole nitrogens is 1. The van der Waals surface area contributed by atoms with Crippen molar-refractivity contribution < 1.29 is 4.79 Å². The molecule has 0 aliphatic rings. The number of aromatic nitrogens is 3. The van der Waals surface area contributed by atoms with E-state index >= 15 is 0 Å². The summed E-state index contributed by atoms with van der Waals surface area (Å²) >= 11 is 4.75. The highest BCUT2D eigenvalue weighted by molar-refractivity contribution is 9.10. The monoisotopic (exact) mass is 462 g/mol. The first-order valence-electron chi connectivity index (χ1n) is 9.18. The second-order valence-corrected chi connectivity index (χ2v) is 8.53. The van der Waals surface area contributed by atoms with Gasteiger partial charge < -0.3 is 10.3 Å². The zero-order valence-electron chi connectivity index (χ0n) is 16.1. The van der Waals surface area contributed by atoms with Crippen LogP contribution in [0.5, 0.6) is 0 Å². The Morgan fingerprint density at radius 3 is 2.82 bits per heavy atom. The molecule has 0 spiro atoms. The highest BCUT2D eigenvalue weighted by atomic mass is 79.9. The van der Waals surface area contributed by atoms with E-state index in [1.807, 2.05) is 38.1 Å². The van der Waals surface area contributed by atoms with Crippen molar-refractivity contribution in [3.63, 3.8) is 0 Å². The molecule has 0 saturated carbocycles. The number of hydrogen-bond donors (Lipinski definition) is 2. The minimum absolute atomic E-state index is 0.0873. The van der Waals surface area contributed by atoms with Crippen LogP contribution in [0.1, 0.15) is 31.0 Å². The fraction of sp³-hybridized carbons (Fsp3) is 0.350. The highest BCUT2D eigenvalue weighted by Gasteiger charge is 2.15. The first kappa shape index (κ1) is 20.7. The number of thioether (sulfide) groups is 1. The van der Waals surface area contributed by atoms with Gasteiger partial charge in [0.25, 0.3) is 5.56 Å². The number of fused-ring (bicyclic) bond motifs is 1. The van der Waals surface area contributed by atoms with Crippen LogP contribution in [0.25, 0.3) is 11.0 Å². The summed E-state index contributed by atoms with van der Waals surface area (Å²) in [5.41, 5.74) is 3.80. The van der Waals surface area contributed by atoms with E-state index in [-0.39, 0.29) is 17.2 Å². The number of aryl methyl sites for hydroxylation is 2. The molecule has 8 heteroatoms. The van der Waals surface area contributed by atoms with Crippen LogP contribution >= 0.6 is 27.7 Å². The molecule has 0 fully saturated rings. The van der Waals surface area contributed by atoms with Gasteiger partial charge in [-0.3, -0.25) is 14.2 Å². The molecule has 1 amide bonds. The lowest BCUT2D eigenvalue weighted by atomic mass is 10.2. The Kier molecular flexibility index (Phi) is 6.61. The maximum Gasteiger partial charge on any atom is 0.278 e. The number of carbonyl (C=O) groups is 1. The number of nitrogens with one attached hydrogen (secondary N) is 2. The number of benzene rings is 1. The number of hydrogen-bond acceptors (Lipinski definition) is 4. The fourth-order valence-electron chi connectivity index (χ4n) is 2.87. The van der Waals surface area contributed by atoms with Gasteiger partial charge in [0.1, 0.15) is 5.52 Å². The van der Waals surface area contributed by atoms with Gasteiger partial charge in [0.15, 0.2) is 5.16 Å². The number of anilines is 1. The Morgan fingerprint density at radius 1 is 1.32 bits per heavy atom. The van der Waals surface area contributed by atoms with Gasteiger partial charge in [-0.15, -0.1) is 0 Å². The maximum atomic E-state index is 12.9. The average molecular weight is 463 g/mol. The molecular weight excluding hydrogens is 440 g/mol. The molecule has 28 heavy (non-hydrogen) atoms. The Bertz CT molecular complexity index is 1070. The summed E-state index contributed by atoms with van der Waals surface area (Å²) in [6.45, 7) is 6.56. The first-order valence-corrected chi connectivity index (χ1v) is 11.0. The van der Waals surface area contributed by atoms with Crippen molar-refractivity contribution in [3.8, 4) is 0 Å². The molecule has 0 saturated heterocycles. The van der Waals surface area contributed by atoms with Crippen LogP contribution in [0, 0.1) is 13.8 Å². The highest BCUT2D eigenvalue weighted by Crippen LogP contribution is 2.24. The van der Waals surface area contributed by atoms with Gasteiger partial charge in [0.2, 0.25) is 5.91 Å². The lowest BCUT2D eigenvalue weighted by molar-refractivity contribution is -0.113. The summed E-state index contributed by atoms with van der Waals surface area (Å²) in [7, 11) is 0. The quantitative estimate of drug-likeness (QED) is 0.396. The van der Waals surface area contributed by atoms with Crippen molar-refractivity contribution in [1.29, 1.82) is 0 Å². The van der Waals surface area contributed by atoms with Gasteiger partial charge in [0.05, 0.1) is 17.0 Å². The maximum absolute atomic E-state index is 12.9. The molecule has 1 aromatic carbocycles. The minimum atomic E-state index is -0.142. The summed E-state index contributed by atoms with van der Waals surface area (Å²) in [6, 6.07) is 7.62. The molecule has 0 aliphatic carbocycles. The third-order valence-corrected chi connectivity index (χ3v) is 5.94. The van der Waals surface area contributed by atoms with E-state index in [0.717, 1.165) is 34.3 Å². The normalized spacial score (nSPS) is 11.1. The summed E-state index contributed by atoms with van der Waals surface area (Å²) in [5.74, 6) is 0.0320. The van der Waals surface area contributed by atoms with Crippen LogP contribution in [-0.4, -0.2) is 26.2 Å². The molecular formula is C20H23BrN4O2S. The van der Waals surface area contributed by atoms with Crippen molar-refractivity contribution in [3.05, 3.63) is 50.3 Å². The summed E-state index contributed by atoms with van der Waals surface area (Å²) in [6.07, 6.45) is 1.85. The van der Waals surface area contributed by atoms with Gasteiger partial charge in [0, 0.05) is 16.7 Å². The van der Waals surface area contributed by atoms with Crippen molar-refractivity contribution in [1.82, 2.24) is 14.5 Å². The first-order chi connectivity index (χ1) is 13.4. The summed E-state index contributed by atoms with van der Waals surface area (Å²) in [5, 5.41) is 3.47. The second-order valence-electron chi connectivity index (χ2n) is 6.74.